The largest absolute Gasteiger partial charge is 0.381 e. The molecule has 11 nitrogen and oxygen atoms in total. The highest BCUT2D eigenvalue weighted by atomic mass is 32.2. The Morgan fingerprint density at radius 2 is 1.85 bits per heavy atom. The van der Waals surface area contributed by atoms with Crippen molar-refractivity contribution in [3.8, 4) is 16.4 Å². The van der Waals surface area contributed by atoms with E-state index in [0.717, 1.165) is 43.0 Å². The number of thiazole rings is 1. The fourth-order valence-electron chi connectivity index (χ4n) is 6.22. The lowest BCUT2D eigenvalue weighted by Crippen LogP contribution is -2.43. The lowest BCUT2D eigenvalue weighted by molar-refractivity contribution is 0.0991. The van der Waals surface area contributed by atoms with Gasteiger partial charge in [0.2, 0.25) is 5.95 Å². The maximum atomic E-state index is 14.2. The van der Waals surface area contributed by atoms with Crippen molar-refractivity contribution >= 4 is 55.1 Å². The fourth-order valence-corrected chi connectivity index (χ4v) is 8.81. The van der Waals surface area contributed by atoms with Crippen molar-refractivity contribution in [2.75, 3.05) is 49.6 Å². The van der Waals surface area contributed by atoms with Gasteiger partial charge in [-0.1, -0.05) is 0 Å². The van der Waals surface area contributed by atoms with Crippen molar-refractivity contribution in [2.24, 2.45) is 0 Å². The smallest absolute Gasteiger partial charge is 0.268 e. The average Bonchev–Trinajstić information content (AvgIpc) is 3.60. The van der Waals surface area contributed by atoms with Gasteiger partial charge in [-0.2, -0.15) is 4.98 Å². The van der Waals surface area contributed by atoms with Crippen LogP contribution in [-0.2, 0) is 14.3 Å². The van der Waals surface area contributed by atoms with Crippen LogP contribution >= 0.6 is 11.3 Å². The number of nitrogens with zero attached hydrogens (tertiary/aromatic N) is 6. The van der Waals surface area contributed by atoms with Crippen molar-refractivity contribution in [3.05, 3.63) is 75.8 Å². The van der Waals surface area contributed by atoms with Crippen LogP contribution in [0.1, 0.15) is 24.0 Å². The number of aryl methyl sites for hydroxylation is 2. The summed E-state index contributed by atoms with van der Waals surface area (Å²) in [5, 5.41) is 9.63. The second-order valence-corrected chi connectivity index (χ2v) is 15.2. The van der Waals surface area contributed by atoms with Crippen LogP contribution in [0.2, 0.25) is 0 Å². The first kappa shape index (κ1) is 30.5. The molecule has 1 atom stereocenters. The number of pyridine rings is 2. The molecule has 2 N–H and O–H groups in total. The molecule has 6 heterocycles. The predicted octanol–water partition coefficient (Wildman–Crippen LogP) is 4.32. The van der Waals surface area contributed by atoms with Gasteiger partial charge in [-0.3, -0.25) is 14.0 Å². The maximum Gasteiger partial charge on any atom is 0.268 e. The molecule has 2 aliphatic rings. The van der Waals surface area contributed by atoms with Gasteiger partial charge in [0.05, 0.1) is 11.3 Å². The van der Waals surface area contributed by atoms with E-state index in [1.54, 1.807) is 24.7 Å². The van der Waals surface area contributed by atoms with E-state index in [0.29, 0.717) is 64.3 Å². The second kappa shape index (κ2) is 12.6. The van der Waals surface area contributed by atoms with Crippen molar-refractivity contribution in [3.63, 3.8) is 0 Å². The van der Waals surface area contributed by atoms with Gasteiger partial charge < -0.3 is 20.3 Å². The molecule has 2 fully saturated rings. The van der Waals surface area contributed by atoms with Crippen molar-refractivity contribution in [1.82, 2.24) is 29.8 Å². The highest BCUT2D eigenvalue weighted by Crippen LogP contribution is 2.30. The number of hydrogen-bond acceptors (Lipinski definition) is 11. The number of ether oxygens (including phenoxy) is 1. The summed E-state index contributed by atoms with van der Waals surface area (Å²) in [5.41, 5.74) is 5.00. The van der Waals surface area contributed by atoms with Crippen LogP contribution in [0.4, 0.5) is 17.3 Å². The Balaban J connectivity index is 1.25. The van der Waals surface area contributed by atoms with Gasteiger partial charge in [-0.15, -0.1) is 11.3 Å². The van der Waals surface area contributed by atoms with Gasteiger partial charge in [-0.05, 0) is 74.0 Å². The Labute approximate surface area is 271 Å². The summed E-state index contributed by atoms with van der Waals surface area (Å²) in [6.45, 7) is 9.04. The molecule has 4 aromatic heterocycles. The van der Waals surface area contributed by atoms with E-state index in [-0.39, 0.29) is 10.8 Å². The number of fused-ring (bicyclic) bond motifs is 1. The quantitative estimate of drug-likeness (QED) is 0.245. The SMILES string of the molecule is C=S(=O)(c1cnc(-c2cc3cnc(Nc4ccc(N5CCNCC5)c(C)c4)nc3n(-c3nccs3)c2=O)c(C)c1)C1CCOCC1. The minimum absolute atomic E-state index is 0.0647. The minimum Gasteiger partial charge on any atom is -0.381 e. The van der Waals surface area contributed by atoms with Crippen LogP contribution in [0.3, 0.4) is 0 Å². The van der Waals surface area contributed by atoms with Crippen molar-refractivity contribution in [2.45, 2.75) is 36.8 Å². The molecule has 0 saturated carbocycles. The Kier molecular flexibility index (Phi) is 8.32. The summed E-state index contributed by atoms with van der Waals surface area (Å²) in [5.74, 6) is 4.49. The van der Waals surface area contributed by atoms with Gasteiger partial charge >= 0.3 is 0 Å². The standard InChI is InChI=1S/C33H36N8O3S2/c1-21-16-24(4-5-28(21)40-11-8-34-9-12-40)38-32-37-19-23-18-27(31(42)41(30(23)39-32)33-35-10-15-45-33)29-22(2)17-26(20-36-29)46(3,43)25-6-13-44-14-7-25/h4-5,10,15-20,25,34H,3,6-9,11-14H2,1-2H3,(H,37,38,39). The Bertz CT molecular complexity index is 2070. The summed E-state index contributed by atoms with van der Waals surface area (Å²) >= 11 is 1.35. The van der Waals surface area contributed by atoms with E-state index in [1.807, 2.05) is 24.4 Å². The zero-order chi connectivity index (χ0) is 31.8. The van der Waals surface area contributed by atoms with E-state index in [4.69, 9.17) is 9.72 Å². The first-order chi connectivity index (χ1) is 22.3. The molecule has 1 unspecified atom stereocenters. The zero-order valence-corrected chi connectivity index (χ0v) is 27.5. The molecule has 0 radical (unpaired) electrons. The van der Waals surface area contributed by atoms with Crippen molar-refractivity contribution < 1.29 is 8.95 Å². The number of piperazine rings is 1. The number of hydrogen-bond donors (Lipinski definition) is 2. The number of benzene rings is 1. The molecule has 46 heavy (non-hydrogen) atoms. The Hall–Kier alpha value is -4.17. The van der Waals surface area contributed by atoms with Crippen molar-refractivity contribution in [1.29, 1.82) is 0 Å². The van der Waals surface area contributed by atoms with Crippen LogP contribution in [0.25, 0.3) is 27.4 Å². The zero-order valence-electron chi connectivity index (χ0n) is 25.9. The van der Waals surface area contributed by atoms with Gasteiger partial charge in [0, 0.05) is 99.8 Å². The summed E-state index contributed by atoms with van der Waals surface area (Å²) in [4.78, 5) is 35.7. The lowest BCUT2D eigenvalue weighted by Gasteiger charge is -2.30. The first-order valence-electron chi connectivity index (χ1n) is 15.4. The summed E-state index contributed by atoms with van der Waals surface area (Å²) < 4.78 is 20.7. The van der Waals surface area contributed by atoms with Gasteiger partial charge in [0.1, 0.15) is 0 Å². The monoisotopic (exact) mass is 656 g/mol. The Morgan fingerprint density at radius 3 is 2.57 bits per heavy atom. The third kappa shape index (κ3) is 5.79. The van der Waals surface area contributed by atoms with Crippen LogP contribution in [0.5, 0.6) is 0 Å². The summed E-state index contributed by atoms with van der Waals surface area (Å²) in [6, 6.07) is 9.86. The van der Waals surface area contributed by atoms with Crippen LogP contribution in [0.15, 0.2) is 64.0 Å². The van der Waals surface area contributed by atoms with Gasteiger partial charge in [-0.25, -0.2) is 14.5 Å². The molecule has 0 bridgehead atoms. The Morgan fingerprint density at radius 1 is 1.04 bits per heavy atom. The van der Waals surface area contributed by atoms with E-state index in [2.05, 4.69) is 55.4 Å². The number of rotatable bonds is 7. The molecule has 0 amide bonds. The predicted molar refractivity (Wildman–Crippen MR) is 186 cm³/mol. The third-order valence-electron chi connectivity index (χ3n) is 8.68. The van der Waals surface area contributed by atoms with Crippen LogP contribution in [-0.4, -0.2) is 79.2 Å². The molecule has 5 aromatic rings. The van der Waals surface area contributed by atoms with E-state index in [9.17, 15) is 9.00 Å². The van der Waals surface area contributed by atoms with E-state index in [1.165, 1.54) is 21.6 Å². The van der Waals surface area contributed by atoms with E-state index >= 15 is 0 Å². The summed E-state index contributed by atoms with van der Waals surface area (Å²) in [6.07, 6.45) is 6.36. The maximum absolute atomic E-state index is 14.2. The second-order valence-electron chi connectivity index (χ2n) is 11.7. The third-order valence-corrected chi connectivity index (χ3v) is 12.0. The van der Waals surface area contributed by atoms with E-state index < -0.39 is 9.52 Å². The highest BCUT2D eigenvalue weighted by Gasteiger charge is 2.26. The molecular formula is C33H36N8O3S2. The molecule has 1 aromatic carbocycles. The van der Waals surface area contributed by atoms with Crippen LogP contribution in [0, 0.1) is 13.8 Å². The molecular weight excluding hydrogens is 621 g/mol. The number of nitrogens with one attached hydrogen (secondary N) is 2. The van der Waals surface area contributed by atoms with Crippen LogP contribution < -0.4 is 21.1 Å². The molecule has 2 aliphatic heterocycles. The summed E-state index contributed by atoms with van der Waals surface area (Å²) in [7, 11) is -2.58. The fraction of sp³-hybridized carbons (Fsp3) is 0.333. The lowest BCUT2D eigenvalue weighted by atomic mass is 10.1. The van der Waals surface area contributed by atoms with Gasteiger partial charge in [0.15, 0.2) is 10.8 Å². The highest BCUT2D eigenvalue weighted by molar-refractivity contribution is 8.00. The molecule has 238 valence electrons. The molecule has 7 rings (SSSR count). The topological polar surface area (TPSA) is 127 Å². The van der Waals surface area contributed by atoms with Gasteiger partial charge in [0.25, 0.3) is 5.56 Å². The molecule has 0 aliphatic carbocycles. The number of anilines is 3. The molecule has 0 spiro atoms. The molecule has 13 heteroatoms. The first-order valence-corrected chi connectivity index (χ1v) is 18.0. The average molecular weight is 657 g/mol. The molecule has 2 saturated heterocycles. The normalized spacial score (nSPS) is 17.2. The number of aromatic nitrogens is 5. The minimum atomic E-state index is -2.58.